The average molecular weight is 467 g/mol. The molecule has 0 aromatic heterocycles. The molecule has 0 saturated carbocycles. The molecule has 0 fully saturated rings. The van der Waals surface area contributed by atoms with E-state index < -0.39 is 6.04 Å². The van der Waals surface area contributed by atoms with E-state index in [0.717, 1.165) is 18.4 Å². The molecule has 168 valence electrons. The van der Waals surface area contributed by atoms with E-state index in [4.69, 9.17) is 32.7 Å². The van der Waals surface area contributed by atoms with Crippen LogP contribution in [-0.4, -0.2) is 43.0 Å². The molecule has 2 amide bonds. The number of carbonyl (C=O) groups excluding carboxylic acids is 2. The van der Waals surface area contributed by atoms with Crippen LogP contribution >= 0.6 is 23.2 Å². The summed E-state index contributed by atoms with van der Waals surface area (Å²) < 4.78 is 10.8. The lowest BCUT2D eigenvalue weighted by Crippen LogP contribution is -2.49. The predicted octanol–water partition coefficient (Wildman–Crippen LogP) is 4.71. The highest BCUT2D eigenvalue weighted by molar-refractivity contribution is 6.42. The summed E-state index contributed by atoms with van der Waals surface area (Å²) >= 11 is 12.1. The van der Waals surface area contributed by atoms with Gasteiger partial charge in [0, 0.05) is 13.1 Å². The van der Waals surface area contributed by atoms with Gasteiger partial charge in [0.15, 0.2) is 6.61 Å². The SMILES string of the molecule is CCCCNC(=O)[C@H](C)N(Cc1ccc(Cl)c(Cl)c1)C(=O)COc1ccc(OC)cc1. The molecule has 0 saturated heterocycles. The third-order valence-corrected chi connectivity index (χ3v) is 5.49. The summed E-state index contributed by atoms with van der Waals surface area (Å²) in [5.41, 5.74) is 0.764. The van der Waals surface area contributed by atoms with E-state index in [1.165, 1.54) is 4.90 Å². The smallest absolute Gasteiger partial charge is 0.261 e. The number of hydrogen-bond acceptors (Lipinski definition) is 4. The summed E-state index contributed by atoms with van der Waals surface area (Å²) in [7, 11) is 1.58. The highest BCUT2D eigenvalue weighted by Gasteiger charge is 2.26. The van der Waals surface area contributed by atoms with Crippen molar-refractivity contribution in [2.45, 2.75) is 39.3 Å². The van der Waals surface area contributed by atoms with E-state index in [1.54, 1.807) is 56.5 Å². The molecule has 2 aromatic rings. The van der Waals surface area contributed by atoms with E-state index in [9.17, 15) is 9.59 Å². The molecule has 0 aliphatic carbocycles. The molecule has 1 atom stereocenters. The van der Waals surface area contributed by atoms with Gasteiger partial charge in [0.2, 0.25) is 5.91 Å². The van der Waals surface area contributed by atoms with Crippen LogP contribution in [0.4, 0.5) is 0 Å². The highest BCUT2D eigenvalue weighted by atomic mass is 35.5. The Balaban J connectivity index is 2.12. The lowest BCUT2D eigenvalue weighted by molar-refractivity contribution is -0.142. The minimum Gasteiger partial charge on any atom is -0.497 e. The van der Waals surface area contributed by atoms with E-state index in [-0.39, 0.29) is 25.0 Å². The molecule has 2 rings (SSSR count). The number of unbranched alkanes of at least 4 members (excludes halogenated alkanes) is 1. The third-order valence-electron chi connectivity index (χ3n) is 4.76. The minimum atomic E-state index is -0.682. The van der Waals surface area contributed by atoms with Crippen LogP contribution in [0.3, 0.4) is 0 Å². The van der Waals surface area contributed by atoms with Gasteiger partial charge < -0.3 is 19.7 Å². The second kappa shape index (κ2) is 12.4. The van der Waals surface area contributed by atoms with Gasteiger partial charge in [0.25, 0.3) is 5.91 Å². The van der Waals surface area contributed by atoms with Crippen LogP contribution in [0.2, 0.25) is 10.0 Å². The molecule has 0 aliphatic rings. The van der Waals surface area contributed by atoms with Crippen molar-refractivity contribution in [1.82, 2.24) is 10.2 Å². The van der Waals surface area contributed by atoms with Crippen LogP contribution in [0, 0.1) is 0 Å². The molecule has 6 nitrogen and oxygen atoms in total. The number of nitrogens with one attached hydrogen (secondary N) is 1. The lowest BCUT2D eigenvalue weighted by atomic mass is 10.1. The number of ether oxygens (including phenoxy) is 2. The number of methoxy groups -OCH3 is 1. The van der Waals surface area contributed by atoms with Crippen LogP contribution in [0.25, 0.3) is 0 Å². The first-order valence-corrected chi connectivity index (χ1v) is 10.9. The maximum atomic E-state index is 13.0. The normalized spacial score (nSPS) is 11.5. The standard InChI is InChI=1S/C23H28Cl2N2O4/c1-4-5-12-26-23(29)16(2)27(14-17-6-11-20(24)21(25)13-17)22(28)15-31-19-9-7-18(30-3)8-10-19/h6-11,13,16H,4-5,12,14-15H2,1-3H3,(H,26,29)/t16-/m0/s1. The first-order valence-electron chi connectivity index (χ1n) is 10.1. The topological polar surface area (TPSA) is 67.9 Å². The van der Waals surface area contributed by atoms with Crippen molar-refractivity contribution >= 4 is 35.0 Å². The van der Waals surface area contributed by atoms with Gasteiger partial charge in [-0.05, 0) is 55.3 Å². The Kier molecular flexibility index (Phi) is 9.95. The van der Waals surface area contributed by atoms with Crippen LogP contribution in [0.5, 0.6) is 11.5 Å². The van der Waals surface area contributed by atoms with Gasteiger partial charge in [-0.15, -0.1) is 0 Å². The zero-order valence-corrected chi connectivity index (χ0v) is 19.5. The van der Waals surface area contributed by atoms with Crippen LogP contribution in [0.1, 0.15) is 32.3 Å². The molecule has 8 heteroatoms. The Bertz CT molecular complexity index is 874. The number of amides is 2. The molecular formula is C23H28Cl2N2O4. The number of rotatable bonds is 11. The first-order chi connectivity index (χ1) is 14.8. The van der Waals surface area contributed by atoms with E-state index in [2.05, 4.69) is 5.32 Å². The summed E-state index contributed by atoms with van der Waals surface area (Å²) in [6, 6.07) is 11.4. The second-order valence-corrected chi connectivity index (χ2v) is 7.87. The molecule has 0 heterocycles. The second-order valence-electron chi connectivity index (χ2n) is 7.05. The zero-order valence-electron chi connectivity index (χ0n) is 18.0. The van der Waals surface area contributed by atoms with E-state index in [0.29, 0.717) is 28.1 Å². The molecule has 0 radical (unpaired) electrons. The number of carbonyl (C=O) groups is 2. The van der Waals surface area contributed by atoms with Crippen molar-refractivity contribution in [3.05, 3.63) is 58.1 Å². The maximum absolute atomic E-state index is 13.0. The minimum absolute atomic E-state index is 0.198. The molecule has 31 heavy (non-hydrogen) atoms. The zero-order chi connectivity index (χ0) is 22.8. The van der Waals surface area contributed by atoms with Gasteiger partial charge in [-0.3, -0.25) is 9.59 Å². The Morgan fingerprint density at radius 3 is 2.35 bits per heavy atom. The Morgan fingerprint density at radius 2 is 1.74 bits per heavy atom. The van der Waals surface area contributed by atoms with Gasteiger partial charge >= 0.3 is 0 Å². The number of halogens is 2. The van der Waals surface area contributed by atoms with Crippen LogP contribution in [-0.2, 0) is 16.1 Å². The average Bonchev–Trinajstić information content (AvgIpc) is 2.78. The van der Waals surface area contributed by atoms with Crippen molar-refractivity contribution in [1.29, 1.82) is 0 Å². The summed E-state index contributed by atoms with van der Waals surface area (Å²) in [4.78, 5) is 27.1. The van der Waals surface area contributed by atoms with Crippen molar-refractivity contribution < 1.29 is 19.1 Å². The van der Waals surface area contributed by atoms with Gasteiger partial charge in [0.1, 0.15) is 17.5 Å². The predicted molar refractivity (Wildman–Crippen MR) is 123 cm³/mol. The Hall–Kier alpha value is -2.44. The first kappa shape index (κ1) is 24.8. The van der Waals surface area contributed by atoms with Crippen molar-refractivity contribution in [2.24, 2.45) is 0 Å². The fourth-order valence-electron chi connectivity index (χ4n) is 2.85. The quantitative estimate of drug-likeness (QED) is 0.486. The fraction of sp³-hybridized carbons (Fsp3) is 0.391. The molecule has 1 N–H and O–H groups in total. The van der Waals surface area contributed by atoms with Crippen molar-refractivity contribution in [3.8, 4) is 11.5 Å². The van der Waals surface area contributed by atoms with Crippen LogP contribution < -0.4 is 14.8 Å². The molecule has 2 aromatic carbocycles. The van der Waals surface area contributed by atoms with Gasteiger partial charge in [-0.2, -0.15) is 0 Å². The molecule has 0 spiro atoms. The summed E-state index contributed by atoms with van der Waals surface area (Å²) in [6.07, 6.45) is 1.84. The Labute approximate surface area is 193 Å². The van der Waals surface area contributed by atoms with Crippen LogP contribution in [0.15, 0.2) is 42.5 Å². The summed E-state index contributed by atoms with van der Waals surface area (Å²) in [6.45, 7) is 4.30. The van der Waals surface area contributed by atoms with Crippen molar-refractivity contribution in [2.75, 3.05) is 20.3 Å². The van der Waals surface area contributed by atoms with Crippen molar-refractivity contribution in [3.63, 3.8) is 0 Å². The van der Waals surface area contributed by atoms with E-state index >= 15 is 0 Å². The van der Waals surface area contributed by atoms with Gasteiger partial charge in [0.05, 0.1) is 17.2 Å². The van der Waals surface area contributed by atoms with Gasteiger partial charge in [-0.1, -0.05) is 42.6 Å². The largest absolute Gasteiger partial charge is 0.497 e. The highest BCUT2D eigenvalue weighted by Crippen LogP contribution is 2.24. The fourth-order valence-corrected chi connectivity index (χ4v) is 3.17. The summed E-state index contributed by atoms with van der Waals surface area (Å²) in [5, 5.41) is 3.69. The van der Waals surface area contributed by atoms with Gasteiger partial charge in [-0.25, -0.2) is 0 Å². The molecular weight excluding hydrogens is 439 g/mol. The monoisotopic (exact) mass is 466 g/mol. The number of nitrogens with zero attached hydrogens (tertiary/aromatic N) is 1. The molecule has 0 aliphatic heterocycles. The molecule has 0 unspecified atom stereocenters. The number of benzene rings is 2. The molecule has 0 bridgehead atoms. The summed E-state index contributed by atoms with van der Waals surface area (Å²) in [5.74, 6) is 0.687. The Morgan fingerprint density at radius 1 is 1.06 bits per heavy atom. The van der Waals surface area contributed by atoms with E-state index in [1.807, 2.05) is 6.92 Å². The maximum Gasteiger partial charge on any atom is 0.261 e. The third kappa shape index (κ3) is 7.64. The lowest BCUT2D eigenvalue weighted by Gasteiger charge is -2.29. The number of hydrogen-bond donors (Lipinski definition) is 1.